The zero-order valence-corrected chi connectivity index (χ0v) is 12.0. The second-order valence-electron chi connectivity index (χ2n) is 5.10. The van der Waals surface area contributed by atoms with Gasteiger partial charge in [-0.05, 0) is 46.2 Å². The molecule has 0 aromatic carbocycles. The molecule has 1 aliphatic rings. The van der Waals surface area contributed by atoms with Crippen LogP contribution < -0.4 is 5.32 Å². The number of likely N-dealkylation sites (N-methyl/N-ethyl adjacent to an activating group) is 1. The van der Waals surface area contributed by atoms with Crippen LogP contribution in [0.25, 0.3) is 0 Å². The standard InChI is InChI=1S/C13H21N3OS/c1-9-6-10(2)16-12(15-9)18-11-4-5-13(7-11,8-17)14-3/h6,11,14,17H,4-5,7-8H2,1-3H3. The fourth-order valence-corrected chi connectivity index (χ4v) is 3.85. The minimum absolute atomic E-state index is 0.101. The van der Waals surface area contributed by atoms with Gasteiger partial charge in [0.15, 0.2) is 5.16 Å². The summed E-state index contributed by atoms with van der Waals surface area (Å²) < 4.78 is 0. The molecule has 1 heterocycles. The third kappa shape index (κ3) is 3.02. The first-order valence-corrected chi connectivity index (χ1v) is 7.23. The molecule has 0 radical (unpaired) electrons. The normalized spacial score (nSPS) is 27.7. The van der Waals surface area contributed by atoms with E-state index in [0.717, 1.165) is 35.8 Å². The number of rotatable bonds is 4. The van der Waals surface area contributed by atoms with Crippen LogP contribution in [0.3, 0.4) is 0 Å². The molecule has 2 atom stereocenters. The van der Waals surface area contributed by atoms with Gasteiger partial charge in [-0.3, -0.25) is 0 Å². The zero-order chi connectivity index (χ0) is 13.2. The van der Waals surface area contributed by atoms with Gasteiger partial charge in [-0.25, -0.2) is 9.97 Å². The van der Waals surface area contributed by atoms with Crippen LogP contribution in [0.1, 0.15) is 30.7 Å². The van der Waals surface area contributed by atoms with Crippen LogP contribution in [-0.2, 0) is 0 Å². The number of hydrogen-bond donors (Lipinski definition) is 2. The lowest BCUT2D eigenvalue weighted by atomic mass is 10.00. The maximum atomic E-state index is 9.49. The van der Waals surface area contributed by atoms with Crippen molar-refractivity contribution in [1.29, 1.82) is 0 Å². The van der Waals surface area contributed by atoms with Gasteiger partial charge in [0.05, 0.1) is 6.61 Å². The minimum Gasteiger partial charge on any atom is -0.394 e. The zero-order valence-electron chi connectivity index (χ0n) is 11.2. The highest BCUT2D eigenvalue weighted by Crippen LogP contribution is 2.38. The second kappa shape index (κ2) is 5.55. The molecule has 0 aliphatic heterocycles. The van der Waals surface area contributed by atoms with Crippen molar-refractivity contribution >= 4 is 11.8 Å². The monoisotopic (exact) mass is 267 g/mol. The number of aromatic nitrogens is 2. The largest absolute Gasteiger partial charge is 0.394 e. The number of thioether (sulfide) groups is 1. The van der Waals surface area contributed by atoms with Crippen LogP contribution in [0.4, 0.5) is 0 Å². The molecule has 100 valence electrons. The highest BCUT2D eigenvalue weighted by Gasteiger charge is 2.38. The molecule has 1 aromatic heterocycles. The predicted octanol–water partition coefficient (Wildman–Crippen LogP) is 1.69. The highest BCUT2D eigenvalue weighted by atomic mass is 32.2. The Morgan fingerprint density at radius 3 is 2.61 bits per heavy atom. The van der Waals surface area contributed by atoms with Crippen LogP contribution in [0.5, 0.6) is 0 Å². The highest BCUT2D eigenvalue weighted by molar-refractivity contribution is 7.99. The second-order valence-corrected chi connectivity index (χ2v) is 6.37. The Morgan fingerprint density at radius 2 is 2.11 bits per heavy atom. The molecule has 0 saturated heterocycles. The van der Waals surface area contributed by atoms with Crippen molar-refractivity contribution in [2.45, 2.75) is 49.1 Å². The van der Waals surface area contributed by atoms with Gasteiger partial charge in [0.1, 0.15) is 0 Å². The van der Waals surface area contributed by atoms with E-state index in [9.17, 15) is 5.11 Å². The first-order valence-electron chi connectivity index (χ1n) is 6.35. The molecule has 0 bridgehead atoms. The summed E-state index contributed by atoms with van der Waals surface area (Å²) in [5.41, 5.74) is 1.94. The lowest BCUT2D eigenvalue weighted by molar-refractivity contribution is 0.173. The summed E-state index contributed by atoms with van der Waals surface area (Å²) in [7, 11) is 1.93. The topological polar surface area (TPSA) is 58.0 Å². The first kappa shape index (κ1) is 13.8. The van der Waals surface area contributed by atoms with Crippen molar-refractivity contribution < 1.29 is 5.11 Å². The summed E-state index contributed by atoms with van der Waals surface area (Å²) in [4.78, 5) is 8.93. The Hall–Kier alpha value is -0.650. The summed E-state index contributed by atoms with van der Waals surface area (Å²) >= 11 is 1.74. The van der Waals surface area contributed by atoms with Gasteiger partial charge in [0.2, 0.25) is 0 Å². The number of nitrogens with one attached hydrogen (secondary N) is 1. The van der Waals surface area contributed by atoms with Crippen LogP contribution in [0.2, 0.25) is 0 Å². The maximum absolute atomic E-state index is 9.49. The summed E-state index contributed by atoms with van der Waals surface area (Å²) in [5.74, 6) is 0. The van der Waals surface area contributed by atoms with Gasteiger partial charge < -0.3 is 10.4 Å². The molecule has 5 heteroatoms. The Labute approximate surface area is 113 Å². The van der Waals surface area contributed by atoms with Crippen LogP contribution in [0, 0.1) is 13.8 Å². The molecule has 2 N–H and O–H groups in total. The van der Waals surface area contributed by atoms with E-state index in [-0.39, 0.29) is 12.1 Å². The average molecular weight is 267 g/mol. The molecule has 18 heavy (non-hydrogen) atoms. The van der Waals surface area contributed by atoms with Gasteiger partial charge in [-0.2, -0.15) is 0 Å². The van der Waals surface area contributed by atoms with Gasteiger partial charge in [-0.15, -0.1) is 0 Å². The third-order valence-electron chi connectivity index (χ3n) is 3.63. The van der Waals surface area contributed by atoms with Crippen LogP contribution in [0.15, 0.2) is 11.2 Å². The van der Waals surface area contributed by atoms with E-state index in [1.165, 1.54) is 0 Å². The van der Waals surface area contributed by atoms with Gasteiger partial charge >= 0.3 is 0 Å². The molecule has 4 nitrogen and oxygen atoms in total. The van der Waals surface area contributed by atoms with Crippen molar-refractivity contribution in [3.8, 4) is 0 Å². The third-order valence-corrected chi connectivity index (χ3v) is 4.76. The van der Waals surface area contributed by atoms with Crippen LogP contribution >= 0.6 is 11.8 Å². The van der Waals surface area contributed by atoms with E-state index in [1.54, 1.807) is 11.8 Å². The fourth-order valence-electron chi connectivity index (χ4n) is 2.52. The summed E-state index contributed by atoms with van der Waals surface area (Å²) in [6.45, 7) is 4.20. The predicted molar refractivity (Wildman–Crippen MR) is 73.9 cm³/mol. The van der Waals surface area contributed by atoms with E-state index >= 15 is 0 Å². The van der Waals surface area contributed by atoms with E-state index in [0.29, 0.717) is 5.25 Å². The summed E-state index contributed by atoms with van der Waals surface area (Å²) in [6.07, 6.45) is 3.09. The molecule has 0 amide bonds. The van der Waals surface area contributed by atoms with Crippen molar-refractivity contribution in [2.24, 2.45) is 0 Å². The van der Waals surface area contributed by atoms with Crippen molar-refractivity contribution in [2.75, 3.05) is 13.7 Å². The molecule has 1 aromatic rings. The maximum Gasteiger partial charge on any atom is 0.188 e. The van der Waals surface area contributed by atoms with Gasteiger partial charge in [0, 0.05) is 22.2 Å². The number of hydrogen-bond acceptors (Lipinski definition) is 5. The molecular weight excluding hydrogens is 246 g/mol. The van der Waals surface area contributed by atoms with Crippen molar-refractivity contribution in [3.05, 3.63) is 17.5 Å². The van der Waals surface area contributed by atoms with Gasteiger partial charge in [0.25, 0.3) is 0 Å². The number of aliphatic hydroxyl groups excluding tert-OH is 1. The molecule has 2 unspecified atom stereocenters. The van der Waals surface area contributed by atoms with Crippen LogP contribution in [-0.4, -0.2) is 39.5 Å². The molecule has 1 saturated carbocycles. The van der Waals surface area contributed by atoms with E-state index in [1.807, 2.05) is 27.0 Å². The minimum atomic E-state index is -0.101. The molecule has 2 rings (SSSR count). The molecule has 0 spiro atoms. The quantitative estimate of drug-likeness (QED) is 0.813. The smallest absolute Gasteiger partial charge is 0.188 e. The molecule has 1 fully saturated rings. The summed E-state index contributed by atoms with van der Waals surface area (Å²) in [6, 6.07) is 1.99. The van der Waals surface area contributed by atoms with Gasteiger partial charge in [-0.1, -0.05) is 11.8 Å². The molecular formula is C13H21N3OS. The number of aliphatic hydroxyl groups is 1. The molecule has 1 aliphatic carbocycles. The fraction of sp³-hybridized carbons (Fsp3) is 0.692. The van der Waals surface area contributed by atoms with Crippen molar-refractivity contribution in [1.82, 2.24) is 15.3 Å². The Bertz CT molecular complexity index is 400. The van der Waals surface area contributed by atoms with E-state index in [2.05, 4.69) is 15.3 Å². The SMILES string of the molecule is CNC1(CO)CCC(Sc2nc(C)cc(C)n2)C1. The Balaban J connectivity index is 2.03. The van der Waals surface area contributed by atoms with Crippen molar-refractivity contribution in [3.63, 3.8) is 0 Å². The van der Waals surface area contributed by atoms with E-state index in [4.69, 9.17) is 0 Å². The van der Waals surface area contributed by atoms with E-state index < -0.39 is 0 Å². The lowest BCUT2D eigenvalue weighted by Gasteiger charge is -2.26. The number of aryl methyl sites for hydroxylation is 2. The lowest BCUT2D eigenvalue weighted by Crippen LogP contribution is -2.44. The Morgan fingerprint density at radius 1 is 1.44 bits per heavy atom. The number of nitrogens with zero attached hydrogens (tertiary/aromatic N) is 2. The average Bonchev–Trinajstić information content (AvgIpc) is 2.72. The first-order chi connectivity index (χ1) is 8.57. The summed E-state index contributed by atoms with van der Waals surface area (Å²) in [5, 5.41) is 14.1. The Kier molecular flexibility index (Phi) is 4.25.